The number of nitrogens with one attached hydrogen (secondary N) is 2. The molecule has 0 unspecified atom stereocenters. The SMILES string of the molecule is CCOC(=O)Nc1ccc(Nc2ccccc2C(C)C)cc1. The fraction of sp³-hybridized carbons (Fsp3) is 0.278. The van der Waals surface area contributed by atoms with Crippen LogP contribution in [0.15, 0.2) is 48.5 Å². The van der Waals surface area contributed by atoms with E-state index in [4.69, 9.17) is 4.74 Å². The molecule has 0 saturated carbocycles. The standard InChI is InChI=1S/C18H22N2O2/c1-4-22-18(21)20-15-11-9-14(10-12-15)19-17-8-6-5-7-16(17)13(2)3/h5-13,19H,4H2,1-3H3,(H,20,21). The third-order valence-corrected chi connectivity index (χ3v) is 3.27. The van der Waals surface area contributed by atoms with Gasteiger partial charge >= 0.3 is 6.09 Å². The van der Waals surface area contributed by atoms with Crippen LogP contribution in [0.5, 0.6) is 0 Å². The van der Waals surface area contributed by atoms with E-state index in [9.17, 15) is 4.79 Å². The molecule has 0 bridgehead atoms. The molecule has 116 valence electrons. The molecule has 22 heavy (non-hydrogen) atoms. The Hall–Kier alpha value is -2.49. The second kappa shape index (κ2) is 7.50. The lowest BCUT2D eigenvalue weighted by Crippen LogP contribution is -2.13. The zero-order valence-electron chi connectivity index (χ0n) is 13.2. The fourth-order valence-electron chi connectivity index (χ4n) is 2.19. The molecule has 1 amide bonds. The van der Waals surface area contributed by atoms with Gasteiger partial charge in [-0.25, -0.2) is 4.79 Å². The highest BCUT2D eigenvalue weighted by Crippen LogP contribution is 2.27. The molecule has 0 atom stereocenters. The summed E-state index contributed by atoms with van der Waals surface area (Å²) in [6.07, 6.45) is -0.437. The molecule has 0 aliphatic rings. The topological polar surface area (TPSA) is 50.4 Å². The number of rotatable bonds is 5. The summed E-state index contributed by atoms with van der Waals surface area (Å²) in [4.78, 5) is 11.4. The number of para-hydroxylation sites is 1. The average Bonchev–Trinajstić information content (AvgIpc) is 2.50. The van der Waals surface area contributed by atoms with Gasteiger partial charge in [0.2, 0.25) is 0 Å². The monoisotopic (exact) mass is 298 g/mol. The summed E-state index contributed by atoms with van der Waals surface area (Å²) >= 11 is 0. The van der Waals surface area contributed by atoms with E-state index < -0.39 is 6.09 Å². The first-order valence-corrected chi connectivity index (χ1v) is 7.50. The summed E-state index contributed by atoms with van der Waals surface area (Å²) < 4.78 is 4.85. The van der Waals surface area contributed by atoms with Gasteiger partial charge in [-0.15, -0.1) is 0 Å². The van der Waals surface area contributed by atoms with Crippen molar-refractivity contribution in [1.82, 2.24) is 0 Å². The molecule has 0 aliphatic heterocycles. The first-order valence-electron chi connectivity index (χ1n) is 7.50. The van der Waals surface area contributed by atoms with Crippen molar-refractivity contribution in [1.29, 1.82) is 0 Å². The average molecular weight is 298 g/mol. The number of amides is 1. The molecule has 0 radical (unpaired) electrons. The zero-order valence-corrected chi connectivity index (χ0v) is 13.2. The predicted molar refractivity (Wildman–Crippen MR) is 90.9 cm³/mol. The van der Waals surface area contributed by atoms with Gasteiger partial charge in [-0.2, -0.15) is 0 Å². The molecule has 0 saturated heterocycles. The van der Waals surface area contributed by atoms with Gasteiger partial charge < -0.3 is 10.1 Å². The van der Waals surface area contributed by atoms with Crippen molar-refractivity contribution in [3.63, 3.8) is 0 Å². The van der Waals surface area contributed by atoms with Crippen molar-refractivity contribution in [2.24, 2.45) is 0 Å². The van der Waals surface area contributed by atoms with Crippen LogP contribution in [0.2, 0.25) is 0 Å². The Balaban J connectivity index is 2.07. The largest absolute Gasteiger partial charge is 0.450 e. The Bertz CT molecular complexity index is 621. The number of carbonyl (C=O) groups is 1. The molecular formula is C18H22N2O2. The minimum atomic E-state index is -0.437. The quantitative estimate of drug-likeness (QED) is 0.805. The minimum Gasteiger partial charge on any atom is -0.450 e. The summed E-state index contributed by atoms with van der Waals surface area (Å²) in [7, 11) is 0. The maximum atomic E-state index is 11.4. The first kappa shape index (κ1) is 15.9. The fourth-order valence-corrected chi connectivity index (χ4v) is 2.19. The highest BCUT2D eigenvalue weighted by molar-refractivity contribution is 5.85. The Morgan fingerprint density at radius 3 is 2.32 bits per heavy atom. The molecule has 2 N–H and O–H groups in total. The maximum Gasteiger partial charge on any atom is 0.411 e. The third kappa shape index (κ3) is 4.25. The summed E-state index contributed by atoms with van der Waals surface area (Å²) in [5.74, 6) is 0.452. The van der Waals surface area contributed by atoms with Crippen molar-refractivity contribution in [2.75, 3.05) is 17.2 Å². The number of hydrogen-bond donors (Lipinski definition) is 2. The highest BCUT2D eigenvalue weighted by Gasteiger charge is 2.06. The van der Waals surface area contributed by atoms with Crippen LogP contribution in [0.25, 0.3) is 0 Å². The van der Waals surface area contributed by atoms with E-state index in [1.807, 2.05) is 36.4 Å². The van der Waals surface area contributed by atoms with Gasteiger partial charge in [0.05, 0.1) is 6.61 Å². The Morgan fingerprint density at radius 2 is 1.68 bits per heavy atom. The van der Waals surface area contributed by atoms with Crippen LogP contribution >= 0.6 is 0 Å². The molecule has 2 aromatic carbocycles. The summed E-state index contributed by atoms with van der Waals surface area (Å²) in [6, 6.07) is 15.8. The van der Waals surface area contributed by atoms with E-state index in [1.165, 1.54) is 5.56 Å². The minimum absolute atomic E-state index is 0.359. The Kier molecular flexibility index (Phi) is 5.42. The molecule has 4 nitrogen and oxygen atoms in total. The van der Waals surface area contributed by atoms with E-state index >= 15 is 0 Å². The summed E-state index contributed by atoms with van der Waals surface area (Å²) in [5, 5.41) is 6.09. The van der Waals surface area contributed by atoms with Gasteiger partial charge in [0.25, 0.3) is 0 Å². The van der Waals surface area contributed by atoms with Gasteiger partial charge in [-0.05, 0) is 48.7 Å². The predicted octanol–water partition coefficient (Wildman–Crippen LogP) is 5.12. The van der Waals surface area contributed by atoms with E-state index in [1.54, 1.807) is 6.92 Å². The number of ether oxygens (including phenoxy) is 1. The first-order chi connectivity index (χ1) is 10.6. The molecule has 0 spiro atoms. The second-order valence-corrected chi connectivity index (χ2v) is 5.29. The second-order valence-electron chi connectivity index (χ2n) is 5.29. The van der Waals surface area contributed by atoms with Crippen LogP contribution in [-0.4, -0.2) is 12.7 Å². The molecule has 2 rings (SSSR count). The number of hydrogen-bond acceptors (Lipinski definition) is 3. The lowest BCUT2D eigenvalue weighted by atomic mass is 10.0. The Labute approximate surface area is 131 Å². The van der Waals surface area contributed by atoms with Gasteiger partial charge in [-0.3, -0.25) is 5.32 Å². The Morgan fingerprint density at radius 1 is 1.05 bits per heavy atom. The van der Waals surface area contributed by atoms with E-state index in [-0.39, 0.29) is 0 Å². The van der Waals surface area contributed by atoms with Crippen LogP contribution in [-0.2, 0) is 4.74 Å². The lowest BCUT2D eigenvalue weighted by molar-refractivity contribution is 0.168. The van der Waals surface area contributed by atoms with Crippen molar-refractivity contribution in [2.45, 2.75) is 26.7 Å². The zero-order chi connectivity index (χ0) is 15.9. The molecule has 4 heteroatoms. The van der Waals surface area contributed by atoms with Crippen molar-refractivity contribution in [3.8, 4) is 0 Å². The van der Waals surface area contributed by atoms with E-state index in [0.29, 0.717) is 18.2 Å². The van der Waals surface area contributed by atoms with Crippen LogP contribution in [0.3, 0.4) is 0 Å². The van der Waals surface area contributed by atoms with E-state index in [0.717, 1.165) is 11.4 Å². The number of carbonyl (C=O) groups excluding carboxylic acids is 1. The van der Waals surface area contributed by atoms with Gasteiger partial charge in [0, 0.05) is 17.1 Å². The van der Waals surface area contributed by atoms with E-state index in [2.05, 4.69) is 36.6 Å². The summed E-state index contributed by atoms with van der Waals surface area (Å²) in [5.41, 5.74) is 4.06. The molecule has 0 heterocycles. The number of benzene rings is 2. The molecule has 0 aromatic heterocycles. The van der Waals surface area contributed by atoms with Crippen LogP contribution < -0.4 is 10.6 Å². The summed E-state index contributed by atoms with van der Waals surface area (Å²) in [6.45, 7) is 6.48. The van der Waals surface area contributed by atoms with Crippen LogP contribution in [0, 0.1) is 0 Å². The smallest absolute Gasteiger partial charge is 0.411 e. The van der Waals surface area contributed by atoms with Gasteiger partial charge in [0.1, 0.15) is 0 Å². The number of anilines is 3. The maximum absolute atomic E-state index is 11.4. The lowest BCUT2D eigenvalue weighted by Gasteiger charge is -2.15. The van der Waals surface area contributed by atoms with Gasteiger partial charge in [-0.1, -0.05) is 32.0 Å². The van der Waals surface area contributed by atoms with Crippen LogP contribution in [0.1, 0.15) is 32.3 Å². The highest BCUT2D eigenvalue weighted by atomic mass is 16.5. The normalized spacial score (nSPS) is 10.4. The van der Waals surface area contributed by atoms with Crippen molar-refractivity contribution in [3.05, 3.63) is 54.1 Å². The molecule has 2 aromatic rings. The molecular weight excluding hydrogens is 276 g/mol. The van der Waals surface area contributed by atoms with Crippen molar-refractivity contribution >= 4 is 23.2 Å². The molecule has 0 fully saturated rings. The van der Waals surface area contributed by atoms with Crippen LogP contribution in [0.4, 0.5) is 21.9 Å². The molecule has 0 aliphatic carbocycles. The van der Waals surface area contributed by atoms with Crippen molar-refractivity contribution < 1.29 is 9.53 Å². The third-order valence-electron chi connectivity index (χ3n) is 3.27. The van der Waals surface area contributed by atoms with Gasteiger partial charge in [0.15, 0.2) is 0 Å².